The van der Waals surface area contributed by atoms with Gasteiger partial charge in [0.15, 0.2) is 0 Å². The number of anilines is 1. The Kier molecular flexibility index (Phi) is 4.09. The van der Waals surface area contributed by atoms with Crippen LogP contribution in [0, 0.1) is 0 Å². The predicted molar refractivity (Wildman–Crippen MR) is 74.0 cm³/mol. The molecule has 2 heterocycles. The van der Waals surface area contributed by atoms with Gasteiger partial charge in [-0.3, -0.25) is 0 Å². The molecule has 0 aliphatic carbocycles. The molecule has 0 spiro atoms. The van der Waals surface area contributed by atoms with Crippen molar-refractivity contribution in [3.8, 4) is 0 Å². The number of aromatic nitrogens is 2. The highest BCUT2D eigenvalue weighted by atomic mass is 32.2. The van der Waals surface area contributed by atoms with E-state index in [1.807, 2.05) is 12.3 Å². The number of ether oxygens (including phenoxy) is 1. The molecule has 1 atom stereocenters. The second-order valence-electron chi connectivity index (χ2n) is 5.03. The quantitative estimate of drug-likeness (QED) is 0.655. The average Bonchev–Trinajstić information content (AvgIpc) is 2.37. The van der Waals surface area contributed by atoms with Crippen LogP contribution < -0.4 is 10.6 Å². The Hall–Kier alpha value is -0.850. The van der Waals surface area contributed by atoms with Gasteiger partial charge in [-0.25, -0.2) is 9.97 Å². The Morgan fingerprint density at radius 2 is 2.33 bits per heavy atom. The summed E-state index contributed by atoms with van der Waals surface area (Å²) >= 11 is 1.62. The molecule has 0 saturated carbocycles. The second kappa shape index (κ2) is 5.42. The molecule has 1 aromatic rings. The van der Waals surface area contributed by atoms with Crippen LogP contribution in [-0.4, -0.2) is 47.6 Å². The zero-order chi connectivity index (χ0) is 13.2. The molecular formula is C12H20N4OS. The van der Waals surface area contributed by atoms with Crippen molar-refractivity contribution < 1.29 is 4.74 Å². The summed E-state index contributed by atoms with van der Waals surface area (Å²) in [6.07, 6.45) is 3.68. The van der Waals surface area contributed by atoms with Crippen molar-refractivity contribution in [3.05, 3.63) is 12.4 Å². The SMILES string of the molecule is CSc1cc(N2CC(CN)OC(C)(C)C2)ncn1. The van der Waals surface area contributed by atoms with Gasteiger partial charge in [0.2, 0.25) is 0 Å². The minimum absolute atomic E-state index is 0.0569. The van der Waals surface area contributed by atoms with Crippen LogP contribution in [0.3, 0.4) is 0 Å². The van der Waals surface area contributed by atoms with Crippen LogP contribution in [0.1, 0.15) is 13.8 Å². The van der Waals surface area contributed by atoms with E-state index in [4.69, 9.17) is 10.5 Å². The smallest absolute Gasteiger partial charge is 0.133 e. The molecule has 1 unspecified atom stereocenters. The van der Waals surface area contributed by atoms with Crippen LogP contribution >= 0.6 is 11.8 Å². The largest absolute Gasteiger partial charge is 0.367 e. The lowest BCUT2D eigenvalue weighted by molar-refractivity contribution is -0.0790. The van der Waals surface area contributed by atoms with Gasteiger partial charge in [-0.05, 0) is 20.1 Å². The first-order chi connectivity index (χ1) is 8.54. The van der Waals surface area contributed by atoms with Crippen molar-refractivity contribution in [1.82, 2.24) is 9.97 Å². The normalized spacial score (nSPS) is 23.1. The average molecular weight is 268 g/mol. The highest BCUT2D eigenvalue weighted by molar-refractivity contribution is 7.98. The third-order valence-corrected chi connectivity index (χ3v) is 3.55. The first-order valence-corrected chi connectivity index (χ1v) is 7.25. The Morgan fingerprint density at radius 3 is 3.00 bits per heavy atom. The predicted octanol–water partition coefficient (Wildman–Crippen LogP) is 1.14. The van der Waals surface area contributed by atoms with Gasteiger partial charge in [0, 0.05) is 25.7 Å². The number of morpholine rings is 1. The maximum Gasteiger partial charge on any atom is 0.133 e. The third-order valence-electron chi connectivity index (χ3n) is 2.90. The molecule has 1 aliphatic rings. The van der Waals surface area contributed by atoms with Crippen molar-refractivity contribution >= 4 is 17.6 Å². The van der Waals surface area contributed by atoms with E-state index < -0.39 is 0 Å². The van der Waals surface area contributed by atoms with Crippen molar-refractivity contribution in [3.63, 3.8) is 0 Å². The highest BCUT2D eigenvalue weighted by Crippen LogP contribution is 2.25. The molecule has 2 rings (SSSR count). The van der Waals surface area contributed by atoms with Gasteiger partial charge in [-0.2, -0.15) is 0 Å². The lowest BCUT2D eigenvalue weighted by atomic mass is 10.1. The number of hydrogen-bond donors (Lipinski definition) is 1. The number of nitrogens with two attached hydrogens (primary N) is 1. The molecule has 0 bridgehead atoms. The summed E-state index contributed by atoms with van der Waals surface area (Å²) in [5.41, 5.74) is 5.53. The van der Waals surface area contributed by atoms with Crippen LogP contribution in [0.15, 0.2) is 17.4 Å². The van der Waals surface area contributed by atoms with Crippen LogP contribution in [0.25, 0.3) is 0 Å². The summed E-state index contributed by atoms with van der Waals surface area (Å²) < 4.78 is 5.92. The van der Waals surface area contributed by atoms with Crippen LogP contribution in [0.2, 0.25) is 0 Å². The summed E-state index contributed by atoms with van der Waals surface area (Å²) in [4.78, 5) is 10.8. The standard InChI is InChI=1S/C12H20N4OS/c1-12(2)7-16(6-9(5-13)17-12)10-4-11(18-3)15-8-14-10/h4,8-9H,5-7,13H2,1-3H3. The highest BCUT2D eigenvalue weighted by Gasteiger charge is 2.33. The minimum atomic E-state index is -0.202. The van der Waals surface area contributed by atoms with Crippen LogP contribution in [0.4, 0.5) is 5.82 Å². The van der Waals surface area contributed by atoms with E-state index in [0.717, 1.165) is 23.9 Å². The van der Waals surface area contributed by atoms with Gasteiger partial charge < -0.3 is 15.4 Å². The zero-order valence-corrected chi connectivity index (χ0v) is 11.9. The number of hydrogen-bond acceptors (Lipinski definition) is 6. The van der Waals surface area contributed by atoms with Crippen molar-refractivity contribution in [2.75, 3.05) is 30.8 Å². The minimum Gasteiger partial charge on any atom is -0.367 e. The van der Waals surface area contributed by atoms with Crippen molar-refractivity contribution in [2.45, 2.75) is 30.6 Å². The van der Waals surface area contributed by atoms with Crippen molar-refractivity contribution in [2.24, 2.45) is 5.73 Å². The second-order valence-corrected chi connectivity index (χ2v) is 5.86. The Bertz CT molecular complexity index is 413. The molecule has 1 aliphatic heterocycles. The van der Waals surface area contributed by atoms with Gasteiger partial charge in [0.25, 0.3) is 0 Å². The number of thioether (sulfide) groups is 1. The maximum atomic E-state index is 5.92. The topological polar surface area (TPSA) is 64.3 Å². The molecule has 0 aromatic carbocycles. The van der Waals surface area contributed by atoms with E-state index in [0.29, 0.717) is 6.54 Å². The van der Waals surface area contributed by atoms with E-state index in [9.17, 15) is 0 Å². The molecular weight excluding hydrogens is 248 g/mol. The van der Waals surface area contributed by atoms with Gasteiger partial charge in [-0.1, -0.05) is 0 Å². The molecule has 1 saturated heterocycles. The zero-order valence-electron chi connectivity index (χ0n) is 11.1. The maximum absolute atomic E-state index is 5.92. The number of rotatable bonds is 3. The molecule has 18 heavy (non-hydrogen) atoms. The summed E-state index contributed by atoms with van der Waals surface area (Å²) in [5, 5.41) is 0.980. The molecule has 5 nitrogen and oxygen atoms in total. The molecule has 0 radical (unpaired) electrons. The molecule has 2 N–H and O–H groups in total. The molecule has 100 valence electrons. The molecule has 6 heteroatoms. The fourth-order valence-corrected chi connectivity index (χ4v) is 2.58. The fraction of sp³-hybridized carbons (Fsp3) is 0.667. The van der Waals surface area contributed by atoms with Gasteiger partial charge in [0.1, 0.15) is 17.2 Å². The van der Waals surface area contributed by atoms with Crippen LogP contribution in [0.5, 0.6) is 0 Å². The number of nitrogens with zero attached hydrogens (tertiary/aromatic N) is 3. The Labute approximate surface area is 112 Å². The fourth-order valence-electron chi connectivity index (χ4n) is 2.21. The lowest BCUT2D eigenvalue weighted by Crippen LogP contribution is -2.55. The van der Waals surface area contributed by atoms with E-state index in [2.05, 4.69) is 28.7 Å². The van der Waals surface area contributed by atoms with E-state index in [1.54, 1.807) is 18.1 Å². The molecule has 1 aromatic heterocycles. The first kappa shape index (κ1) is 13.6. The van der Waals surface area contributed by atoms with Gasteiger partial charge in [0.05, 0.1) is 11.7 Å². The summed E-state index contributed by atoms with van der Waals surface area (Å²) in [5.74, 6) is 0.948. The van der Waals surface area contributed by atoms with E-state index in [-0.39, 0.29) is 11.7 Å². The van der Waals surface area contributed by atoms with Crippen molar-refractivity contribution in [1.29, 1.82) is 0 Å². The van der Waals surface area contributed by atoms with E-state index >= 15 is 0 Å². The van der Waals surface area contributed by atoms with E-state index in [1.165, 1.54) is 0 Å². The monoisotopic (exact) mass is 268 g/mol. The third kappa shape index (κ3) is 3.13. The van der Waals surface area contributed by atoms with Gasteiger partial charge in [-0.15, -0.1) is 11.8 Å². The molecule has 1 fully saturated rings. The summed E-state index contributed by atoms with van der Waals surface area (Å²) in [7, 11) is 0. The van der Waals surface area contributed by atoms with Crippen LogP contribution in [-0.2, 0) is 4.74 Å². The molecule has 0 amide bonds. The summed E-state index contributed by atoms with van der Waals surface area (Å²) in [6.45, 7) is 6.29. The van der Waals surface area contributed by atoms with Gasteiger partial charge >= 0.3 is 0 Å². The first-order valence-electron chi connectivity index (χ1n) is 6.03. The Morgan fingerprint density at radius 1 is 1.56 bits per heavy atom. The Balaban J connectivity index is 2.20. The summed E-state index contributed by atoms with van der Waals surface area (Å²) in [6, 6.07) is 2.01. The lowest BCUT2D eigenvalue weighted by Gasteiger charge is -2.43.